The first-order valence-corrected chi connectivity index (χ1v) is 6.20. The van der Waals surface area contributed by atoms with E-state index in [1.54, 1.807) is 0 Å². The SMILES string of the molecule is O=C(O)CN(C(=O)CCn1cncn1)c1ccc(O)cc1. The number of rotatable bonds is 6. The number of aromatic hydroxyl groups is 1. The van der Waals surface area contributed by atoms with Crippen LogP contribution in [0.4, 0.5) is 5.69 Å². The summed E-state index contributed by atoms with van der Waals surface area (Å²) in [7, 11) is 0. The monoisotopic (exact) mass is 290 g/mol. The molecule has 0 unspecified atom stereocenters. The van der Waals surface area contributed by atoms with Crippen LogP contribution in [0.2, 0.25) is 0 Å². The van der Waals surface area contributed by atoms with E-state index in [1.807, 2.05) is 0 Å². The van der Waals surface area contributed by atoms with Crippen LogP contribution in [0.1, 0.15) is 6.42 Å². The molecule has 0 aliphatic carbocycles. The summed E-state index contributed by atoms with van der Waals surface area (Å²) in [5, 5.41) is 22.1. The molecule has 0 saturated heterocycles. The Morgan fingerprint density at radius 2 is 1.95 bits per heavy atom. The van der Waals surface area contributed by atoms with Crippen LogP contribution < -0.4 is 4.90 Å². The number of carboxylic acid groups (broad SMARTS) is 1. The predicted octanol–water partition coefficient (Wildman–Crippen LogP) is 0.492. The van der Waals surface area contributed by atoms with Crippen molar-refractivity contribution in [2.24, 2.45) is 0 Å². The highest BCUT2D eigenvalue weighted by Crippen LogP contribution is 2.19. The normalized spacial score (nSPS) is 10.3. The van der Waals surface area contributed by atoms with Gasteiger partial charge < -0.3 is 15.1 Å². The second kappa shape index (κ2) is 6.51. The van der Waals surface area contributed by atoms with Crippen molar-refractivity contribution in [1.29, 1.82) is 0 Å². The van der Waals surface area contributed by atoms with Crippen LogP contribution in [-0.4, -0.2) is 43.4 Å². The Labute approximate surface area is 120 Å². The van der Waals surface area contributed by atoms with Crippen LogP contribution in [0.25, 0.3) is 0 Å². The molecule has 2 rings (SSSR count). The maximum Gasteiger partial charge on any atom is 0.323 e. The number of carboxylic acids is 1. The van der Waals surface area contributed by atoms with Crippen LogP contribution in [0.5, 0.6) is 5.75 Å². The Bertz CT molecular complexity index is 610. The van der Waals surface area contributed by atoms with E-state index in [9.17, 15) is 14.7 Å². The highest BCUT2D eigenvalue weighted by Gasteiger charge is 2.18. The van der Waals surface area contributed by atoms with Crippen LogP contribution >= 0.6 is 0 Å². The minimum absolute atomic E-state index is 0.0455. The average molecular weight is 290 g/mol. The molecule has 1 amide bonds. The fraction of sp³-hybridized carbons (Fsp3) is 0.231. The second-order valence-electron chi connectivity index (χ2n) is 4.30. The van der Waals surface area contributed by atoms with E-state index >= 15 is 0 Å². The molecule has 2 N–H and O–H groups in total. The van der Waals surface area contributed by atoms with Crippen molar-refractivity contribution >= 4 is 17.6 Å². The molecular formula is C13H14N4O4. The van der Waals surface area contributed by atoms with Gasteiger partial charge in [0.2, 0.25) is 5.91 Å². The number of carbonyl (C=O) groups is 2. The number of aryl methyl sites for hydroxylation is 1. The fourth-order valence-corrected chi connectivity index (χ4v) is 1.78. The Kier molecular flexibility index (Phi) is 4.50. The Balaban J connectivity index is 2.09. The summed E-state index contributed by atoms with van der Waals surface area (Å²) >= 11 is 0. The van der Waals surface area contributed by atoms with Gasteiger partial charge in [-0.15, -0.1) is 0 Å². The van der Waals surface area contributed by atoms with Crippen molar-refractivity contribution in [3.63, 3.8) is 0 Å². The summed E-state index contributed by atoms with van der Waals surface area (Å²) in [5.41, 5.74) is 0.416. The Morgan fingerprint density at radius 1 is 1.24 bits per heavy atom. The number of anilines is 1. The molecule has 0 spiro atoms. The maximum atomic E-state index is 12.2. The number of benzene rings is 1. The van der Waals surface area contributed by atoms with Crippen LogP contribution in [0.3, 0.4) is 0 Å². The van der Waals surface area contributed by atoms with Gasteiger partial charge in [-0.2, -0.15) is 5.10 Å². The van der Waals surface area contributed by atoms with Gasteiger partial charge in [-0.3, -0.25) is 14.3 Å². The number of phenolic OH excluding ortho intramolecular Hbond substituents is 1. The molecule has 21 heavy (non-hydrogen) atoms. The zero-order valence-corrected chi connectivity index (χ0v) is 11.1. The van der Waals surface area contributed by atoms with Gasteiger partial charge in [0.05, 0.1) is 6.54 Å². The van der Waals surface area contributed by atoms with Gasteiger partial charge in [-0.05, 0) is 24.3 Å². The molecule has 0 bridgehead atoms. The summed E-state index contributed by atoms with van der Waals surface area (Å²) in [6, 6.07) is 5.78. The summed E-state index contributed by atoms with van der Waals surface area (Å²) in [6.45, 7) is -0.131. The predicted molar refractivity (Wildman–Crippen MR) is 72.7 cm³/mol. The first-order valence-electron chi connectivity index (χ1n) is 6.20. The molecule has 0 radical (unpaired) electrons. The minimum atomic E-state index is -1.11. The molecule has 0 aliphatic rings. The molecular weight excluding hydrogens is 276 g/mol. The lowest BCUT2D eigenvalue weighted by molar-refractivity contribution is -0.136. The van der Waals surface area contributed by atoms with Gasteiger partial charge >= 0.3 is 5.97 Å². The smallest absolute Gasteiger partial charge is 0.323 e. The molecule has 0 aliphatic heterocycles. The van der Waals surface area contributed by atoms with E-state index in [0.717, 1.165) is 4.90 Å². The highest BCUT2D eigenvalue weighted by molar-refractivity contribution is 5.97. The summed E-state index contributed by atoms with van der Waals surface area (Å²) in [4.78, 5) is 28.0. The summed E-state index contributed by atoms with van der Waals surface area (Å²) in [6.07, 6.45) is 2.94. The molecule has 0 fully saturated rings. The molecule has 1 aromatic carbocycles. The van der Waals surface area contributed by atoms with Crippen molar-refractivity contribution in [2.75, 3.05) is 11.4 Å². The van der Waals surface area contributed by atoms with Crippen molar-refractivity contribution < 1.29 is 19.8 Å². The molecule has 0 atom stereocenters. The largest absolute Gasteiger partial charge is 0.508 e. The number of phenols is 1. The van der Waals surface area contributed by atoms with E-state index < -0.39 is 12.5 Å². The van der Waals surface area contributed by atoms with Gasteiger partial charge in [0.25, 0.3) is 0 Å². The first-order chi connectivity index (χ1) is 10.1. The van der Waals surface area contributed by atoms with E-state index in [2.05, 4.69) is 10.1 Å². The Morgan fingerprint density at radius 3 is 2.52 bits per heavy atom. The lowest BCUT2D eigenvalue weighted by atomic mass is 10.2. The van der Waals surface area contributed by atoms with Gasteiger partial charge in [0.1, 0.15) is 24.9 Å². The minimum Gasteiger partial charge on any atom is -0.508 e. The zero-order valence-electron chi connectivity index (χ0n) is 11.1. The lowest BCUT2D eigenvalue weighted by Crippen LogP contribution is -2.36. The summed E-state index contributed by atoms with van der Waals surface area (Å²) in [5.74, 6) is -1.42. The molecule has 8 nitrogen and oxygen atoms in total. The number of amides is 1. The third kappa shape index (κ3) is 4.03. The molecule has 1 aromatic heterocycles. The Hall–Kier alpha value is -2.90. The van der Waals surface area contributed by atoms with Gasteiger partial charge in [0.15, 0.2) is 0 Å². The van der Waals surface area contributed by atoms with Crippen LogP contribution in [0.15, 0.2) is 36.9 Å². The zero-order chi connectivity index (χ0) is 15.2. The highest BCUT2D eigenvalue weighted by atomic mass is 16.4. The van der Waals surface area contributed by atoms with Crippen molar-refractivity contribution in [2.45, 2.75) is 13.0 Å². The quantitative estimate of drug-likeness (QED) is 0.801. The van der Waals surface area contributed by atoms with Crippen molar-refractivity contribution in [3.8, 4) is 5.75 Å². The maximum absolute atomic E-state index is 12.2. The number of nitrogens with zero attached hydrogens (tertiary/aromatic N) is 4. The van der Waals surface area contributed by atoms with Gasteiger partial charge in [0, 0.05) is 12.1 Å². The van der Waals surface area contributed by atoms with Gasteiger partial charge in [-0.25, -0.2) is 4.98 Å². The number of aromatic nitrogens is 3. The third-order valence-electron chi connectivity index (χ3n) is 2.78. The average Bonchev–Trinajstić information content (AvgIpc) is 2.96. The number of hydrogen-bond acceptors (Lipinski definition) is 5. The molecule has 0 saturated carbocycles. The van der Waals surface area contributed by atoms with Crippen LogP contribution in [0, 0.1) is 0 Å². The fourth-order valence-electron chi connectivity index (χ4n) is 1.78. The van der Waals surface area contributed by atoms with Crippen molar-refractivity contribution in [1.82, 2.24) is 14.8 Å². The lowest BCUT2D eigenvalue weighted by Gasteiger charge is -2.21. The van der Waals surface area contributed by atoms with E-state index in [0.29, 0.717) is 12.2 Å². The van der Waals surface area contributed by atoms with Crippen molar-refractivity contribution in [3.05, 3.63) is 36.9 Å². The molecule has 110 valence electrons. The van der Waals surface area contributed by atoms with Gasteiger partial charge in [-0.1, -0.05) is 0 Å². The van der Waals surface area contributed by atoms with Crippen LogP contribution in [-0.2, 0) is 16.1 Å². The second-order valence-corrected chi connectivity index (χ2v) is 4.30. The summed E-state index contributed by atoms with van der Waals surface area (Å²) < 4.78 is 1.49. The van der Waals surface area contributed by atoms with E-state index in [1.165, 1.54) is 41.6 Å². The third-order valence-corrected chi connectivity index (χ3v) is 2.78. The first kappa shape index (κ1) is 14.5. The molecule has 8 heteroatoms. The van der Waals surface area contributed by atoms with E-state index in [4.69, 9.17) is 5.11 Å². The number of hydrogen-bond donors (Lipinski definition) is 2. The molecule has 2 aromatic rings. The topological polar surface area (TPSA) is 109 Å². The number of aliphatic carboxylic acids is 1. The molecule has 1 heterocycles. The van der Waals surface area contributed by atoms with E-state index in [-0.39, 0.29) is 18.1 Å². The standard InChI is InChI=1S/C13H14N4O4/c18-11-3-1-10(2-4-11)17(7-13(20)21)12(19)5-6-16-9-14-8-15-16/h1-4,8-9,18H,5-7H2,(H,20,21). The number of carbonyl (C=O) groups excluding carboxylic acids is 1.